The monoisotopic (exact) mass is 926 g/mol. The lowest BCUT2D eigenvalue weighted by Gasteiger charge is -2.47. The van der Waals surface area contributed by atoms with Crippen LogP contribution in [0, 0.1) is 29.6 Å². The summed E-state index contributed by atoms with van der Waals surface area (Å²) in [7, 11) is 4.61. The number of fused-ring (bicyclic) bond motifs is 3. The van der Waals surface area contributed by atoms with Crippen LogP contribution in [0.5, 0.6) is 0 Å². The molecule has 1 aromatic carbocycles. The number of ketones is 2. The molecule has 2 amide bonds. The molecule has 66 heavy (non-hydrogen) atoms. The Morgan fingerprint density at radius 1 is 0.894 bits per heavy atom. The van der Waals surface area contributed by atoms with Crippen molar-refractivity contribution in [1.29, 1.82) is 0 Å². The minimum absolute atomic E-state index is 0.0326. The van der Waals surface area contributed by atoms with Crippen molar-refractivity contribution in [3.63, 3.8) is 0 Å². The third-order valence-corrected chi connectivity index (χ3v) is 14.2. The van der Waals surface area contributed by atoms with Gasteiger partial charge in [0.2, 0.25) is 5.79 Å². The third kappa shape index (κ3) is 13.1. The molecule has 14 unspecified atom stereocenters. The number of esters is 1. The number of hydrogen-bond donors (Lipinski definition) is 4. The van der Waals surface area contributed by atoms with Gasteiger partial charge in [0.1, 0.15) is 24.4 Å². The fourth-order valence-corrected chi connectivity index (χ4v) is 10.4. The molecular weight excluding hydrogens is 851 g/mol. The molecule has 14 atom stereocenters. The first-order valence-corrected chi connectivity index (χ1v) is 23.9. The minimum Gasteiger partial charge on any atom is -0.456 e. The maximum absolute atomic E-state index is 14.5. The van der Waals surface area contributed by atoms with E-state index in [-0.39, 0.29) is 49.3 Å². The molecule has 368 valence electrons. The van der Waals surface area contributed by atoms with E-state index in [1.54, 1.807) is 40.0 Å². The summed E-state index contributed by atoms with van der Waals surface area (Å²) in [5.41, 5.74) is 7.29. The number of para-hydroxylation sites is 1. The van der Waals surface area contributed by atoms with Gasteiger partial charge < -0.3 is 43.5 Å². The highest BCUT2D eigenvalue weighted by molar-refractivity contribution is 6.39. The molecule has 16 nitrogen and oxygen atoms in total. The van der Waals surface area contributed by atoms with Crippen LogP contribution in [0.2, 0.25) is 0 Å². The molecule has 0 radical (unpaired) electrons. The number of allylic oxidation sites excluding steroid dienone is 3. The van der Waals surface area contributed by atoms with Crippen LogP contribution in [0.15, 0.2) is 53.6 Å². The summed E-state index contributed by atoms with van der Waals surface area (Å²) in [6.07, 6.45) is 2.40. The predicted molar refractivity (Wildman–Crippen MR) is 246 cm³/mol. The largest absolute Gasteiger partial charge is 0.456 e. The SMILES string of the molecule is CCC1=CC(C)CC(C)CC(OC)C2OC(O)(C(=O)C(=O)N3CCCCC3C(=O)OC(C(C)=CC3CCC(OC(=O)NNc4ccccc4)C(OC)C3)C(C)C(O)CC1=O)C(C)CC2OC. The Morgan fingerprint density at radius 3 is 2.24 bits per heavy atom. The van der Waals surface area contributed by atoms with Gasteiger partial charge in [0, 0.05) is 46.1 Å². The number of rotatable bonds is 9. The summed E-state index contributed by atoms with van der Waals surface area (Å²) in [4.78, 5) is 71.0. The number of ether oxygens (including phenoxy) is 6. The summed E-state index contributed by atoms with van der Waals surface area (Å²) >= 11 is 0. The Kier molecular flexibility index (Phi) is 19.4. The van der Waals surface area contributed by atoms with Gasteiger partial charge in [0.25, 0.3) is 11.7 Å². The number of aliphatic hydroxyl groups excluding tert-OH is 1. The van der Waals surface area contributed by atoms with Crippen LogP contribution in [-0.2, 0) is 47.6 Å². The van der Waals surface area contributed by atoms with Crippen molar-refractivity contribution >= 4 is 35.2 Å². The van der Waals surface area contributed by atoms with Crippen molar-refractivity contribution in [1.82, 2.24) is 10.3 Å². The molecule has 1 aliphatic carbocycles. The van der Waals surface area contributed by atoms with Gasteiger partial charge in [0.15, 0.2) is 5.78 Å². The molecule has 16 heteroatoms. The molecule has 0 spiro atoms. The molecule has 3 heterocycles. The van der Waals surface area contributed by atoms with E-state index < -0.39 is 90.1 Å². The standard InChI is InChI=1S/C50H75N3O13/c1-10-35-23-29(2)22-30(3)24-42(62-8)45-43(63-9)26-32(5)50(60,66-45)46(56)47(57)53-21-15-14-18-37(53)48(58)65-44(33(6)38(54)28-39(35)55)31(4)25-34-19-20-40(41(27-34)61-7)64-49(59)52-51-36-16-12-11-13-17-36/h11-13,16-17,23,25,29-30,32-34,37-38,40-45,51,54,60H,10,14-15,18-22,24,26-28H2,1-9H3,(H,52,59). The highest BCUT2D eigenvalue weighted by Gasteiger charge is 2.56. The van der Waals surface area contributed by atoms with Gasteiger partial charge in [-0.3, -0.25) is 19.8 Å². The molecule has 3 aliphatic heterocycles. The molecule has 2 saturated heterocycles. The maximum atomic E-state index is 14.5. The van der Waals surface area contributed by atoms with Crippen molar-refractivity contribution in [2.75, 3.05) is 33.3 Å². The number of hydrazine groups is 1. The number of benzene rings is 1. The Bertz CT molecular complexity index is 1880. The summed E-state index contributed by atoms with van der Waals surface area (Å²) in [6, 6.07) is 7.97. The second kappa shape index (κ2) is 24.2. The van der Waals surface area contributed by atoms with Crippen LogP contribution in [0.25, 0.3) is 0 Å². The number of cyclic esters (lactones) is 1. The normalized spacial score (nSPS) is 36.0. The van der Waals surface area contributed by atoms with Crippen molar-refractivity contribution in [3.8, 4) is 0 Å². The zero-order valence-electron chi connectivity index (χ0n) is 40.4. The fourth-order valence-electron chi connectivity index (χ4n) is 10.4. The van der Waals surface area contributed by atoms with E-state index in [0.717, 1.165) is 0 Å². The van der Waals surface area contributed by atoms with Crippen LogP contribution in [0.4, 0.5) is 10.5 Å². The Balaban J connectivity index is 1.44. The van der Waals surface area contributed by atoms with E-state index in [1.807, 2.05) is 44.2 Å². The van der Waals surface area contributed by atoms with E-state index in [9.17, 15) is 34.2 Å². The van der Waals surface area contributed by atoms with Crippen molar-refractivity contribution < 1.29 is 62.6 Å². The van der Waals surface area contributed by atoms with Crippen LogP contribution in [0.3, 0.4) is 0 Å². The molecule has 0 aromatic heterocycles. The highest BCUT2D eigenvalue weighted by Crippen LogP contribution is 2.39. The van der Waals surface area contributed by atoms with Crippen LogP contribution in [0.1, 0.15) is 112 Å². The molecule has 5 rings (SSSR count). The molecule has 4 aliphatic rings. The van der Waals surface area contributed by atoms with E-state index in [4.69, 9.17) is 28.4 Å². The second-order valence-electron chi connectivity index (χ2n) is 19.1. The zero-order chi connectivity index (χ0) is 48.3. The number of methoxy groups -OCH3 is 3. The van der Waals surface area contributed by atoms with Crippen molar-refractivity contribution in [2.45, 2.75) is 167 Å². The Morgan fingerprint density at radius 2 is 1.58 bits per heavy atom. The third-order valence-electron chi connectivity index (χ3n) is 14.2. The summed E-state index contributed by atoms with van der Waals surface area (Å²) in [6.45, 7) is 11.2. The number of hydrogen-bond acceptors (Lipinski definition) is 14. The van der Waals surface area contributed by atoms with Gasteiger partial charge >= 0.3 is 12.1 Å². The lowest BCUT2D eigenvalue weighted by Crippen LogP contribution is -2.64. The van der Waals surface area contributed by atoms with Gasteiger partial charge in [-0.1, -0.05) is 65.0 Å². The number of anilines is 1. The fraction of sp³-hybridized carbons (Fsp3) is 0.700. The van der Waals surface area contributed by atoms with E-state index in [2.05, 4.69) is 17.8 Å². The lowest BCUT2D eigenvalue weighted by molar-refractivity contribution is -0.302. The highest BCUT2D eigenvalue weighted by atomic mass is 16.7. The minimum atomic E-state index is -2.53. The Labute approximate surface area is 390 Å². The first-order chi connectivity index (χ1) is 31.4. The molecule has 2 bridgehead atoms. The predicted octanol–water partition coefficient (Wildman–Crippen LogP) is 6.23. The number of amides is 2. The Hall–Kier alpha value is -4.19. The van der Waals surface area contributed by atoms with Crippen molar-refractivity contribution in [3.05, 3.63) is 53.6 Å². The molecule has 1 saturated carbocycles. The summed E-state index contributed by atoms with van der Waals surface area (Å²) in [5.74, 6) is -7.46. The number of carbonyl (C=O) groups excluding carboxylic acids is 5. The van der Waals surface area contributed by atoms with Crippen LogP contribution < -0.4 is 10.9 Å². The number of piperidine rings is 1. The van der Waals surface area contributed by atoms with E-state index >= 15 is 0 Å². The molecule has 1 aromatic rings. The van der Waals surface area contributed by atoms with Gasteiger partial charge in [0.05, 0.1) is 30.1 Å². The molecule has 4 N–H and O–H groups in total. The first-order valence-electron chi connectivity index (χ1n) is 23.9. The number of nitrogens with zero attached hydrogens (tertiary/aromatic N) is 1. The van der Waals surface area contributed by atoms with Crippen LogP contribution in [-0.4, -0.2) is 127 Å². The molecule has 3 fully saturated rings. The van der Waals surface area contributed by atoms with Gasteiger partial charge in [-0.25, -0.2) is 15.0 Å². The number of Topliss-reactive ketones (excluding diaryl/α,β-unsaturated/α-hetero) is 2. The van der Waals surface area contributed by atoms with Gasteiger partial charge in [-0.15, -0.1) is 0 Å². The lowest BCUT2D eigenvalue weighted by atomic mass is 9.81. The average molecular weight is 926 g/mol. The molecular formula is C50H75N3O13. The number of aliphatic hydroxyl groups is 2. The zero-order valence-corrected chi connectivity index (χ0v) is 40.4. The summed E-state index contributed by atoms with van der Waals surface area (Å²) in [5, 5.41) is 23.9. The second-order valence-corrected chi connectivity index (χ2v) is 19.1. The number of carbonyl (C=O) groups is 5. The quantitative estimate of drug-likeness (QED) is 0.0937. The average Bonchev–Trinajstić information content (AvgIpc) is 3.31. The van der Waals surface area contributed by atoms with Gasteiger partial charge in [-0.2, -0.15) is 0 Å². The number of nitrogens with one attached hydrogen (secondary N) is 2. The van der Waals surface area contributed by atoms with Crippen LogP contribution >= 0.6 is 0 Å². The maximum Gasteiger partial charge on any atom is 0.426 e. The smallest absolute Gasteiger partial charge is 0.426 e. The van der Waals surface area contributed by atoms with Crippen molar-refractivity contribution in [2.24, 2.45) is 29.6 Å². The summed E-state index contributed by atoms with van der Waals surface area (Å²) < 4.78 is 35.9. The first kappa shape index (κ1) is 52.8. The van der Waals surface area contributed by atoms with E-state index in [0.29, 0.717) is 68.2 Å². The van der Waals surface area contributed by atoms with E-state index in [1.165, 1.54) is 19.1 Å². The van der Waals surface area contributed by atoms with Gasteiger partial charge in [-0.05, 0) is 112 Å². The topological polar surface area (TPSA) is 208 Å².